The maximum Gasteiger partial charge on any atom is 0.410 e. The Bertz CT molecular complexity index is 1900. The number of alkyl carbamates (subject to hydrolysis) is 1. The molecule has 4 aromatic rings. The Hall–Kier alpha value is -5.26. The predicted molar refractivity (Wildman–Crippen MR) is 196 cm³/mol. The van der Waals surface area contributed by atoms with Crippen molar-refractivity contribution in [1.82, 2.24) is 20.2 Å². The van der Waals surface area contributed by atoms with E-state index in [2.05, 4.69) is 27.4 Å². The first-order valence-corrected chi connectivity index (χ1v) is 18.2. The normalized spacial score (nSPS) is 19.4. The van der Waals surface area contributed by atoms with Gasteiger partial charge in [-0.15, -0.1) is 0 Å². The Kier molecular flexibility index (Phi) is 10.2. The number of rotatable bonds is 8. The van der Waals surface area contributed by atoms with E-state index < -0.39 is 35.3 Å². The SMILES string of the molecule is CC(Oc1cnc(N2CC(NC(=O)OCC3c4ccccc4-c4ccccc43)C(c3cc(F)ccc3F)C2)nc1)C1CCN(C(=O)OC(C)(C)C)CC1. The lowest BCUT2D eigenvalue weighted by Crippen LogP contribution is -2.44. The molecule has 1 aliphatic carbocycles. The van der Waals surface area contributed by atoms with Crippen LogP contribution in [0.15, 0.2) is 79.1 Å². The number of carbonyl (C=O) groups excluding carboxylic acids is 2. The summed E-state index contributed by atoms with van der Waals surface area (Å²) in [5.41, 5.74) is 4.05. The van der Waals surface area contributed by atoms with E-state index in [4.69, 9.17) is 14.2 Å². The minimum atomic E-state index is -0.642. The first-order valence-electron chi connectivity index (χ1n) is 18.2. The standard InChI is InChI=1S/C41H45F2N5O5/c1-25(26-15-17-47(18-16-26)40(50)53-41(2,3)4)52-28-20-44-38(45-21-28)48-22-34(33-19-27(42)13-14-36(33)43)37(23-48)46-39(49)51-24-35-31-11-7-5-9-29(31)30-10-6-8-12-32(30)35/h5-14,19-21,25-26,34-35,37H,15-18,22-24H2,1-4H3,(H,46,49). The molecule has 0 spiro atoms. The van der Waals surface area contributed by atoms with Gasteiger partial charge in [0.2, 0.25) is 5.95 Å². The van der Waals surface area contributed by atoms with E-state index in [1.165, 1.54) is 6.07 Å². The highest BCUT2D eigenvalue weighted by atomic mass is 19.1. The van der Waals surface area contributed by atoms with Crippen molar-refractivity contribution < 1.29 is 32.6 Å². The fraction of sp³-hybridized carbons (Fsp3) is 0.415. The van der Waals surface area contributed by atoms with Crippen molar-refractivity contribution >= 4 is 18.1 Å². The van der Waals surface area contributed by atoms with Crippen LogP contribution in [0.5, 0.6) is 5.75 Å². The molecular weight excluding hydrogens is 680 g/mol. The summed E-state index contributed by atoms with van der Waals surface area (Å²) in [7, 11) is 0. The van der Waals surface area contributed by atoms with Gasteiger partial charge < -0.3 is 29.3 Å². The van der Waals surface area contributed by atoms with Gasteiger partial charge in [0.15, 0.2) is 5.75 Å². The highest BCUT2D eigenvalue weighted by Gasteiger charge is 2.39. The molecule has 278 valence electrons. The van der Waals surface area contributed by atoms with Gasteiger partial charge in [0, 0.05) is 38.0 Å². The molecule has 3 unspecified atom stereocenters. The molecule has 3 atom stereocenters. The quantitative estimate of drug-likeness (QED) is 0.197. The second-order valence-corrected chi connectivity index (χ2v) is 15.1. The van der Waals surface area contributed by atoms with Crippen LogP contribution in [0.25, 0.3) is 11.1 Å². The predicted octanol–water partition coefficient (Wildman–Crippen LogP) is 7.68. The molecule has 53 heavy (non-hydrogen) atoms. The number of nitrogens with zero attached hydrogens (tertiary/aromatic N) is 4. The van der Waals surface area contributed by atoms with Crippen molar-refractivity contribution in [2.45, 2.75) is 70.1 Å². The van der Waals surface area contributed by atoms with Crippen LogP contribution < -0.4 is 15.0 Å². The molecule has 2 saturated heterocycles. The van der Waals surface area contributed by atoms with Crippen molar-refractivity contribution in [3.05, 3.63) is 107 Å². The number of ether oxygens (including phenoxy) is 3. The average Bonchev–Trinajstić information content (AvgIpc) is 3.70. The summed E-state index contributed by atoms with van der Waals surface area (Å²) in [5, 5.41) is 2.94. The number of halogens is 2. The highest BCUT2D eigenvalue weighted by molar-refractivity contribution is 5.79. The van der Waals surface area contributed by atoms with Gasteiger partial charge in [-0.1, -0.05) is 48.5 Å². The fourth-order valence-corrected chi connectivity index (χ4v) is 7.74. The van der Waals surface area contributed by atoms with Crippen LogP contribution in [0, 0.1) is 17.6 Å². The number of likely N-dealkylation sites (tertiary alicyclic amines) is 1. The van der Waals surface area contributed by atoms with Crippen LogP contribution in [-0.4, -0.2) is 77.6 Å². The number of hydrogen-bond acceptors (Lipinski definition) is 8. The topological polar surface area (TPSA) is 106 Å². The Morgan fingerprint density at radius 2 is 1.55 bits per heavy atom. The third kappa shape index (κ3) is 8.06. The molecule has 2 fully saturated rings. The molecule has 10 nitrogen and oxygen atoms in total. The second kappa shape index (κ2) is 15.0. The van der Waals surface area contributed by atoms with Gasteiger partial charge in [0.05, 0.1) is 24.5 Å². The van der Waals surface area contributed by atoms with Crippen molar-refractivity contribution in [2.24, 2.45) is 5.92 Å². The number of piperidine rings is 1. The fourth-order valence-electron chi connectivity index (χ4n) is 7.74. The first-order chi connectivity index (χ1) is 25.4. The number of fused-ring (bicyclic) bond motifs is 3. The van der Waals surface area contributed by atoms with E-state index in [9.17, 15) is 14.0 Å². The summed E-state index contributed by atoms with van der Waals surface area (Å²) in [6.07, 6.45) is 3.68. The lowest BCUT2D eigenvalue weighted by Gasteiger charge is -2.35. The van der Waals surface area contributed by atoms with Crippen LogP contribution in [0.2, 0.25) is 0 Å². The molecule has 3 aliphatic rings. The lowest BCUT2D eigenvalue weighted by atomic mass is 9.92. The number of aromatic nitrogens is 2. The van der Waals surface area contributed by atoms with Crippen LogP contribution >= 0.6 is 0 Å². The van der Waals surface area contributed by atoms with Crippen molar-refractivity contribution in [3.63, 3.8) is 0 Å². The Morgan fingerprint density at radius 3 is 2.19 bits per heavy atom. The molecule has 0 radical (unpaired) electrons. The monoisotopic (exact) mass is 725 g/mol. The Balaban J connectivity index is 0.989. The molecule has 2 amide bonds. The van der Waals surface area contributed by atoms with Crippen molar-refractivity contribution in [1.29, 1.82) is 0 Å². The van der Waals surface area contributed by atoms with E-state index in [1.807, 2.05) is 69.0 Å². The summed E-state index contributed by atoms with van der Waals surface area (Å²) in [6, 6.07) is 18.9. The third-order valence-corrected chi connectivity index (χ3v) is 10.4. The summed E-state index contributed by atoms with van der Waals surface area (Å²) < 4.78 is 47.1. The van der Waals surface area contributed by atoms with E-state index in [0.717, 1.165) is 47.2 Å². The van der Waals surface area contributed by atoms with Gasteiger partial charge in [-0.25, -0.2) is 28.3 Å². The first kappa shape index (κ1) is 36.1. The number of nitrogens with one attached hydrogen (secondary N) is 1. The molecule has 0 bridgehead atoms. The number of carbonyl (C=O) groups is 2. The van der Waals surface area contributed by atoms with Gasteiger partial charge in [-0.05, 0) is 92.5 Å². The van der Waals surface area contributed by atoms with E-state index in [1.54, 1.807) is 17.3 Å². The molecule has 1 N–H and O–H groups in total. The van der Waals surface area contributed by atoms with E-state index >= 15 is 4.39 Å². The zero-order chi connectivity index (χ0) is 37.3. The molecule has 2 aliphatic heterocycles. The number of hydrogen-bond donors (Lipinski definition) is 1. The number of amides is 2. The minimum Gasteiger partial charge on any atom is -0.487 e. The number of benzene rings is 3. The van der Waals surface area contributed by atoms with Gasteiger partial charge >= 0.3 is 12.2 Å². The maximum atomic E-state index is 15.1. The van der Waals surface area contributed by atoms with Crippen LogP contribution in [0.4, 0.5) is 24.3 Å². The summed E-state index contributed by atoms with van der Waals surface area (Å²) >= 11 is 0. The second-order valence-electron chi connectivity index (χ2n) is 15.1. The molecule has 3 aromatic carbocycles. The van der Waals surface area contributed by atoms with Gasteiger partial charge in [-0.2, -0.15) is 0 Å². The molecule has 1 aromatic heterocycles. The van der Waals surface area contributed by atoms with Gasteiger partial charge in [0.1, 0.15) is 23.8 Å². The molecule has 12 heteroatoms. The third-order valence-electron chi connectivity index (χ3n) is 10.4. The molecule has 7 rings (SSSR count). The Labute approximate surface area is 308 Å². The van der Waals surface area contributed by atoms with Gasteiger partial charge in [0.25, 0.3) is 0 Å². The van der Waals surface area contributed by atoms with Crippen LogP contribution in [0.1, 0.15) is 69.1 Å². The maximum absolute atomic E-state index is 15.1. The van der Waals surface area contributed by atoms with E-state index in [0.29, 0.717) is 24.8 Å². The minimum absolute atomic E-state index is 0.119. The highest BCUT2D eigenvalue weighted by Crippen LogP contribution is 2.44. The average molecular weight is 726 g/mol. The van der Waals surface area contributed by atoms with Crippen molar-refractivity contribution in [3.8, 4) is 16.9 Å². The van der Waals surface area contributed by atoms with E-state index in [-0.39, 0.29) is 49.3 Å². The molecule has 3 heterocycles. The van der Waals surface area contributed by atoms with Gasteiger partial charge in [-0.3, -0.25) is 0 Å². The van der Waals surface area contributed by atoms with Crippen LogP contribution in [-0.2, 0) is 9.47 Å². The molecule has 0 saturated carbocycles. The van der Waals surface area contributed by atoms with Crippen LogP contribution in [0.3, 0.4) is 0 Å². The largest absolute Gasteiger partial charge is 0.487 e. The summed E-state index contributed by atoms with van der Waals surface area (Å²) in [6.45, 7) is 9.37. The smallest absolute Gasteiger partial charge is 0.410 e. The number of anilines is 1. The summed E-state index contributed by atoms with van der Waals surface area (Å²) in [4.78, 5) is 38.5. The Morgan fingerprint density at radius 1 is 0.906 bits per heavy atom. The van der Waals surface area contributed by atoms with Crippen molar-refractivity contribution in [2.75, 3.05) is 37.7 Å². The summed E-state index contributed by atoms with van der Waals surface area (Å²) in [5.74, 6) is -0.747. The lowest BCUT2D eigenvalue weighted by molar-refractivity contribution is 0.0121. The zero-order valence-corrected chi connectivity index (χ0v) is 30.4. The molecular formula is C41H45F2N5O5. The zero-order valence-electron chi connectivity index (χ0n) is 30.4.